The molecule has 5 N–H and O–H groups in total. The highest BCUT2D eigenvalue weighted by molar-refractivity contribution is 6.10. The number of nitrogens with zero attached hydrogens (tertiary/aromatic N) is 2. The molecule has 0 aliphatic carbocycles. The molecule has 13 nitrogen and oxygen atoms in total. The minimum Gasteiger partial charge on any atom is -0.480 e. The Bertz CT molecular complexity index is 1460. The number of nitrogens with one attached hydrogen (secondary N) is 4. The number of fused-ring (bicyclic) bond motifs is 1. The Hall–Kier alpha value is -5.01. The second-order valence-electron chi connectivity index (χ2n) is 10.5. The van der Waals surface area contributed by atoms with Gasteiger partial charge in [-0.1, -0.05) is 48.5 Å². The molecule has 3 aromatic rings. The van der Waals surface area contributed by atoms with Gasteiger partial charge in [-0.25, -0.2) is 9.78 Å². The van der Waals surface area contributed by atoms with Crippen molar-refractivity contribution in [3.05, 3.63) is 90.1 Å². The summed E-state index contributed by atoms with van der Waals surface area (Å²) in [4.78, 5) is 55.9. The molecule has 2 amide bonds. The van der Waals surface area contributed by atoms with E-state index in [1.165, 1.54) is 0 Å². The third-order valence-electron chi connectivity index (χ3n) is 7.37. The van der Waals surface area contributed by atoms with E-state index in [0.29, 0.717) is 30.0 Å². The van der Waals surface area contributed by atoms with Gasteiger partial charge in [0.1, 0.15) is 31.2 Å². The number of amides is 2. The fraction of sp³-hybridized carbons (Fsp3) is 0.323. The van der Waals surface area contributed by atoms with E-state index in [-0.39, 0.29) is 38.1 Å². The number of ketones is 1. The van der Waals surface area contributed by atoms with E-state index in [9.17, 15) is 24.3 Å². The highest BCUT2D eigenvalue weighted by Gasteiger charge is 2.37. The number of carboxylic acid groups (broad SMARTS) is 1. The summed E-state index contributed by atoms with van der Waals surface area (Å²) in [6, 6.07) is 20.2. The van der Waals surface area contributed by atoms with E-state index in [1.54, 1.807) is 35.4 Å². The normalized spacial score (nSPS) is 19.5. The minimum atomic E-state index is -1.22. The average Bonchev–Trinajstić information content (AvgIpc) is 3.61. The maximum atomic E-state index is 13.0. The van der Waals surface area contributed by atoms with Crippen LogP contribution in [0.2, 0.25) is 0 Å². The molecule has 0 radical (unpaired) electrons. The second kappa shape index (κ2) is 14.4. The number of hydrogen-bond donors (Lipinski definition) is 5. The molecule has 1 fully saturated rings. The molecule has 1 saturated heterocycles. The molecule has 44 heavy (non-hydrogen) atoms. The number of aliphatic carboxylic acids is 1. The van der Waals surface area contributed by atoms with Crippen LogP contribution < -0.4 is 21.3 Å². The maximum absolute atomic E-state index is 13.0. The van der Waals surface area contributed by atoms with E-state index in [0.717, 1.165) is 5.56 Å². The number of carboxylic acids is 1. The summed E-state index contributed by atoms with van der Waals surface area (Å²) in [6.07, 6.45) is 0.240. The third-order valence-corrected chi connectivity index (χ3v) is 7.37. The molecule has 230 valence electrons. The van der Waals surface area contributed by atoms with Crippen molar-refractivity contribution >= 4 is 35.3 Å². The number of hydrogen-bond acceptors (Lipinski definition) is 10. The molecule has 13 heteroatoms. The molecule has 2 aliphatic rings. The van der Waals surface area contributed by atoms with Gasteiger partial charge >= 0.3 is 12.1 Å². The zero-order valence-corrected chi connectivity index (χ0v) is 23.8. The van der Waals surface area contributed by atoms with Crippen LogP contribution in [0.25, 0.3) is 0 Å². The first-order chi connectivity index (χ1) is 21.4. The van der Waals surface area contributed by atoms with E-state index in [4.69, 9.17) is 9.47 Å². The van der Waals surface area contributed by atoms with E-state index >= 15 is 0 Å². The first-order valence-corrected chi connectivity index (χ1v) is 14.3. The Kier molecular flexibility index (Phi) is 10.00. The van der Waals surface area contributed by atoms with Gasteiger partial charge in [-0.05, 0) is 36.2 Å². The summed E-state index contributed by atoms with van der Waals surface area (Å²) >= 11 is 0. The van der Waals surface area contributed by atoms with Crippen molar-refractivity contribution in [1.82, 2.24) is 20.5 Å². The minimum absolute atomic E-state index is 0.122. The molecule has 1 aromatic heterocycles. The molecule has 0 saturated carbocycles. The summed E-state index contributed by atoms with van der Waals surface area (Å²) in [6.45, 7) is 0.129. The van der Waals surface area contributed by atoms with Crippen LogP contribution >= 0.6 is 0 Å². The van der Waals surface area contributed by atoms with Crippen molar-refractivity contribution in [2.75, 3.05) is 36.9 Å². The van der Waals surface area contributed by atoms with E-state index in [1.807, 2.05) is 48.5 Å². The first-order valence-electron chi connectivity index (χ1n) is 14.3. The van der Waals surface area contributed by atoms with Gasteiger partial charge in [-0.15, -0.1) is 0 Å². The largest absolute Gasteiger partial charge is 0.480 e. The number of pyridine rings is 1. The Morgan fingerprint density at radius 3 is 2.57 bits per heavy atom. The summed E-state index contributed by atoms with van der Waals surface area (Å²) in [5, 5.41) is 21.2. The molecule has 2 aliphatic heterocycles. The Balaban J connectivity index is 1.11. The van der Waals surface area contributed by atoms with Crippen molar-refractivity contribution in [2.45, 2.75) is 37.4 Å². The van der Waals surface area contributed by atoms with Gasteiger partial charge in [-0.2, -0.15) is 0 Å². The highest BCUT2D eigenvalue weighted by Crippen LogP contribution is 2.25. The quantitative estimate of drug-likeness (QED) is 0.194. The number of rotatable bonds is 13. The molecule has 0 spiro atoms. The number of carbonyl (C=O) groups is 4. The molecule has 4 atom stereocenters. The van der Waals surface area contributed by atoms with Gasteiger partial charge in [0.25, 0.3) is 0 Å². The Morgan fingerprint density at radius 2 is 1.82 bits per heavy atom. The number of likely N-dealkylation sites (tertiary alicyclic amines) is 1. The molecule has 5 rings (SSSR count). The summed E-state index contributed by atoms with van der Waals surface area (Å²) in [7, 11) is 0. The second-order valence-corrected chi connectivity index (χ2v) is 10.5. The van der Waals surface area contributed by atoms with Crippen molar-refractivity contribution in [1.29, 1.82) is 0 Å². The molecular formula is C31H34N6O7. The number of aromatic nitrogens is 1. The fourth-order valence-corrected chi connectivity index (χ4v) is 5.10. The zero-order valence-electron chi connectivity index (χ0n) is 23.8. The monoisotopic (exact) mass is 602 g/mol. The predicted molar refractivity (Wildman–Crippen MR) is 160 cm³/mol. The number of para-hydroxylation sites is 1. The van der Waals surface area contributed by atoms with Crippen LogP contribution in [0, 0.1) is 0 Å². The van der Waals surface area contributed by atoms with Crippen molar-refractivity contribution in [2.24, 2.45) is 0 Å². The van der Waals surface area contributed by atoms with Gasteiger partial charge in [-0.3, -0.25) is 19.7 Å². The lowest BCUT2D eigenvalue weighted by Gasteiger charge is -2.24. The van der Waals surface area contributed by atoms with Gasteiger partial charge in [0.05, 0.1) is 18.7 Å². The van der Waals surface area contributed by atoms with Crippen molar-refractivity contribution in [3.63, 3.8) is 0 Å². The van der Waals surface area contributed by atoms with Crippen LogP contribution in [0.1, 0.15) is 22.3 Å². The maximum Gasteiger partial charge on any atom is 0.410 e. The zero-order chi connectivity index (χ0) is 30.9. The lowest BCUT2D eigenvalue weighted by atomic mass is 10.1. The molecular weight excluding hydrogens is 568 g/mol. The van der Waals surface area contributed by atoms with Gasteiger partial charge < -0.3 is 35.4 Å². The Labute approximate surface area is 253 Å². The van der Waals surface area contributed by atoms with Gasteiger partial charge in [0, 0.05) is 30.5 Å². The number of carbonyl (C=O) groups excluding carboxylic acids is 3. The van der Waals surface area contributed by atoms with Crippen LogP contribution in [-0.4, -0.2) is 89.3 Å². The van der Waals surface area contributed by atoms with Crippen LogP contribution in [-0.2, 0) is 25.7 Å². The van der Waals surface area contributed by atoms with E-state index in [2.05, 4.69) is 26.3 Å². The van der Waals surface area contributed by atoms with Crippen LogP contribution in [0.5, 0.6) is 0 Å². The average molecular weight is 603 g/mol. The summed E-state index contributed by atoms with van der Waals surface area (Å²) < 4.78 is 11.4. The van der Waals surface area contributed by atoms with Crippen molar-refractivity contribution in [3.8, 4) is 0 Å². The molecule has 2 aromatic carbocycles. The topological polar surface area (TPSA) is 171 Å². The number of anilines is 2. The first kappa shape index (κ1) is 30.4. The van der Waals surface area contributed by atoms with Gasteiger partial charge in [0.2, 0.25) is 11.7 Å². The van der Waals surface area contributed by atoms with E-state index < -0.39 is 36.3 Å². The molecule has 3 unspecified atom stereocenters. The number of benzene rings is 2. The lowest BCUT2D eigenvalue weighted by Crippen LogP contribution is -2.53. The Morgan fingerprint density at radius 1 is 1.05 bits per heavy atom. The van der Waals surface area contributed by atoms with Crippen LogP contribution in [0.3, 0.4) is 0 Å². The van der Waals surface area contributed by atoms with Gasteiger partial charge in [0.15, 0.2) is 0 Å². The van der Waals surface area contributed by atoms with Crippen LogP contribution in [0.4, 0.5) is 16.3 Å². The smallest absolute Gasteiger partial charge is 0.410 e. The van der Waals surface area contributed by atoms with Crippen molar-refractivity contribution < 1.29 is 33.8 Å². The van der Waals surface area contributed by atoms with Crippen LogP contribution in [0.15, 0.2) is 79.0 Å². The summed E-state index contributed by atoms with van der Waals surface area (Å²) in [5.74, 6) is -1.36. The highest BCUT2D eigenvalue weighted by atomic mass is 16.6. The SMILES string of the molecule is O=C(COC1CC(CNc2ccccn2)N(C(=O)OCc2ccccc2)C1)NC[C@H](NC1Nc2ccccc2C1=O)C(=O)O. The lowest BCUT2D eigenvalue weighted by molar-refractivity contribution is -0.139. The third kappa shape index (κ3) is 7.88. The standard InChI is InChI=1S/C31H34N6O7/c38-27(34-16-25(30(40)41)36-29-28(39)23-10-4-5-11-24(23)35-29)19-43-22-14-21(15-33-26-12-6-7-13-32-26)37(17-22)31(42)44-18-20-8-2-1-3-9-20/h1-13,21-22,25,29,35-36H,14-19H2,(H,32,33)(H,34,38)(H,40,41)/t21?,22?,25-,29?/m0/s1. The molecule has 3 heterocycles. The number of ether oxygens (including phenoxy) is 2. The summed E-state index contributed by atoms with van der Waals surface area (Å²) in [5.41, 5.74) is 1.94. The predicted octanol–water partition coefficient (Wildman–Crippen LogP) is 2.08. The fourth-order valence-electron chi connectivity index (χ4n) is 5.10. The molecule has 0 bridgehead atoms. The number of Topliss-reactive ketones (excluding diaryl/α,β-unsaturated/α-hetero) is 1.